The van der Waals surface area contributed by atoms with Crippen LogP contribution in [0, 0.1) is 5.41 Å². The number of likely N-dealkylation sites (tertiary alicyclic amines) is 2. The van der Waals surface area contributed by atoms with Crippen molar-refractivity contribution in [2.24, 2.45) is 5.41 Å². The molecule has 2 aliphatic rings. The van der Waals surface area contributed by atoms with Gasteiger partial charge in [-0.3, -0.25) is 14.5 Å². The molecule has 0 saturated carbocycles. The fraction of sp³-hybridized carbons (Fsp3) is 0.636. The number of amides is 2. The lowest BCUT2D eigenvalue weighted by Crippen LogP contribution is -2.55. The molecule has 0 unspecified atom stereocenters. The van der Waals surface area contributed by atoms with Gasteiger partial charge < -0.3 is 9.80 Å². The maximum atomic E-state index is 13.2. The molecule has 27 heavy (non-hydrogen) atoms. The molecule has 2 aliphatic heterocycles. The van der Waals surface area contributed by atoms with Gasteiger partial charge in [0.1, 0.15) is 0 Å². The maximum Gasteiger partial charge on any atom is 0.240 e. The van der Waals surface area contributed by atoms with Gasteiger partial charge in [0.2, 0.25) is 11.8 Å². The Morgan fingerprint density at radius 3 is 2.41 bits per heavy atom. The summed E-state index contributed by atoms with van der Waals surface area (Å²) in [6, 6.07) is 10.1. The van der Waals surface area contributed by atoms with Crippen LogP contribution in [0.5, 0.6) is 0 Å². The zero-order valence-corrected chi connectivity index (χ0v) is 17.0. The Morgan fingerprint density at radius 2 is 1.81 bits per heavy atom. The molecule has 1 aromatic rings. The molecule has 2 amide bonds. The fourth-order valence-corrected chi connectivity index (χ4v) is 4.54. The first-order chi connectivity index (χ1) is 12.9. The lowest BCUT2D eigenvalue weighted by atomic mass is 9.72. The zero-order chi connectivity index (χ0) is 19.4. The normalized spacial score (nSPS) is 21.0. The second-order valence-electron chi connectivity index (χ2n) is 8.40. The molecule has 5 heteroatoms. The molecule has 0 aromatic heterocycles. The highest BCUT2D eigenvalue weighted by Crippen LogP contribution is 2.40. The average molecular weight is 372 g/mol. The molecule has 148 valence electrons. The molecular formula is C22H33N3O2. The summed E-state index contributed by atoms with van der Waals surface area (Å²) < 4.78 is 0. The molecule has 0 bridgehead atoms. The molecule has 2 fully saturated rings. The van der Waals surface area contributed by atoms with Crippen molar-refractivity contribution in [1.29, 1.82) is 0 Å². The molecule has 2 heterocycles. The van der Waals surface area contributed by atoms with E-state index in [2.05, 4.69) is 19.1 Å². The summed E-state index contributed by atoms with van der Waals surface area (Å²) in [6.45, 7) is 5.34. The predicted octanol–water partition coefficient (Wildman–Crippen LogP) is 2.41. The molecular weight excluding hydrogens is 338 g/mol. The molecule has 1 spiro atoms. The van der Waals surface area contributed by atoms with E-state index in [0.717, 1.165) is 51.9 Å². The number of carbonyl (C=O) groups excluding carboxylic acids is 2. The van der Waals surface area contributed by atoms with E-state index in [9.17, 15) is 9.59 Å². The second-order valence-corrected chi connectivity index (χ2v) is 8.40. The van der Waals surface area contributed by atoms with Gasteiger partial charge in [-0.05, 0) is 57.7 Å². The monoisotopic (exact) mass is 371 g/mol. The van der Waals surface area contributed by atoms with Crippen molar-refractivity contribution in [1.82, 2.24) is 14.7 Å². The highest BCUT2D eigenvalue weighted by molar-refractivity contribution is 5.82. The Hall–Kier alpha value is -1.88. The number of benzene rings is 1. The highest BCUT2D eigenvalue weighted by Gasteiger charge is 2.42. The molecule has 5 nitrogen and oxygen atoms in total. The Balaban J connectivity index is 1.62. The number of likely N-dealkylation sites (N-methyl/N-ethyl adjacent to an activating group) is 1. The van der Waals surface area contributed by atoms with E-state index in [1.54, 1.807) is 0 Å². The third kappa shape index (κ3) is 4.52. The molecule has 0 N–H and O–H groups in total. The minimum Gasteiger partial charge on any atom is -0.342 e. The maximum absolute atomic E-state index is 13.2. The number of hydrogen-bond donors (Lipinski definition) is 0. The van der Waals surface area contributed by atoms with Crippen LogP contribution in [-0.2, 0) is 16.0 Å². The van der Waals surface area contributed by atoms with Crippen molar-refractivity contribution < 1.29 is 9.59 Å². The highest BCUT2D eigenvalue weighted by atomic mass is 16.2. The summed E-state index contributed by atoms with van der Waals surface area (Å²) in [5.74, 6) is 0.523. The van der Waals surface area contributed by atoms with Gasteiger partial charge in [-0.2, -0.15) is 0 Å². The summed E-state index contributed by atoms with van der Waals surface area (Å²) in [6.07, 6.45) is 4.40. The molecule has 3 rings (SSSR count). The van der Waals surface area contributed by atoms with Gasteiger partial charge in [0.05, 0.1) is 6.04 Å². The van der Waals surface area contributed by atoms with Crippen LogP contribution in [0.15, 0.2) is 30.3 Å². The first-order valence-electron chi connectivity index (χ1n) is 10.2. The van der Waals surface area contributed by atoms with Crippen LogP contribution in [0.4, 0.5) is 0 Å². The summed E-state index contributed by atoms with van der Waals surface area (Å²) >= 11 is 0. The number of hydrogen-bond acceptors (Lipinski definition) is 3. The standard InChI is InChI=1S/C22H33N3O2/c1-4-24-17-22(11-10-20(24)26)12-14-25(15-13-22)21(27)19(23(2)3)16-18-8-6-5-7-9-18/h5-9,19H,4,10-17H2,1-3H3/t19-/m0/s1. The summed E-state index contributed by atoms with van der Waals surface area (Å²) in [5.41, 5.74) is 1.41. The van der Waals surface area contributed by atoms with E-state index in [1.807, 2.05) is 47.0 Å². The summed E-state index contributed by atoms with van der Waals surface area (Å²) in [5, 5.41) is 0. The van der Waals surface area contributed by atoms with Gasteiger partial charge in [0, 0.05) is 32.6 Å². The van der Waals surface area contributed by atoms with Crippen LogP contribution in [0.3, 0.4) is 0 Å². The lowest BCUT2D eigenvalue weighted by Gasteiger charge is -2.48. The Kier molecular flexibility index (Phi) is 6.20. The third-order valence-electron chi connectivity index (χ3n) is 6.45. The summed E-state index contributed by atoms with van der Waals surface area (Å²) in [4.78, 5) is 31.3. The third-order valence-corrected chi connectivity index (χ3v) is 6.45. The molecule has 0 radical (unpaired) electrons. The minimum absolute atomic E-state index is 0.124. The topological polar surface area (TPSA) is 43.9 Å². The van der Waals surface area contributed by atoms with Crippen molar-refractivity contribution in [2.45, 2.75) is 45.1 Å². The first kappa shape index (κ1) is 19.9. The van der Waals surface area contributed by atoms with E-state index in [1.165, 1.54) is 5.56 Å². The Morgan fingerprint density at radius 1 is 1.15 bits per heavy atom. The molecule has 2 saturated heterocycles. The smallest absolute Gasteiger partial charge is 0.240 e. The molecule has 0 aliphatic carbocycles. The average Bonchev–Trinajstić information content (AvgIpc) is 2.69. The largest absolute Gasteiger partial charge is 0.342 e. The van der Waals surface area contributed by atoms with Crippen molar-refractivity contribution in [3.8, 4) is 0 Å². The number of nitrogens with zero attached hydrogens (tertiary/aromatic N) is 3. The number of carbonyl (C=O) groups is 2. The van der Waals surface area contributed by atoms with Crippen LogP contribution in [-0.4, -0.2) is 72.8 Å². The van der Waals surface area contributed by atoms with Gasteiger partial charge >= 0.3 is 0 Å². The molecule has 1 aromatic carbocycles. The van der Waals surface area contributed by atoms with Crippen LogP contribution in [0.2, 0.25) is 0 Å². The Bertz CT molecular complexity index is 651. The van der Waals surface area contributed by atoms with Gasteiger partial charge in [0.25, 0.3) is 0 Å². The quantitative estimate of drug-likeness (QED) is 0.798. The van der Waals surface area contributed by atoms with E-state index in [4.69, 9.17) is 0 Å². The Labute approximate surface area is 163 Å². The van der Waals surface area contributed by atoms with Gasteiger partial charge in [-0.15, -0.1) is 0 Å². The van der Waals surface area contributed by atoms with Gasteiger partial charge in [-0.25, -0.2) is 0 Å². The summed E-state index contributed by atoms with van der Waals surface area (Å²) in [7, 11) is 3.98. The van der Waals surface area contributed by atoms with E-state index >= 15 is 0 Å². The van der Waals surface area contributed by atoms with Crippen LogP contribution >= 0.6 is 0 Å². The lowest BCUT2D eigenvalue weighted by molar-refractivity contribution is -0.144. The van der Waals surface area contributed by atoms with E-state index < -0.39 is 0 Å². The minimum atomic E-state index is -0.124. The van der Waals surface area contributed by atoms with Crippen molar-refractivity contribution in [3.05, 3.63) is 35.9 Å². The van der Waals surface area contributed by atoms with Crippen molar-refractivity contribution in [2.75, 3.05) is 40.3 Å². The van der Waals surface area contributed by atoms with Crippen LogP contribution in [0.1, 0.15) is 38.2 Å². The van der Waals surface area contributed by atoms with E-state index in [0.29, 0.717) is 6.42 Å². The predicted molar refractivity (Wildman–Crippen MR) is 107 cm³/mol. The van der Waals surface area contributed by atoms with Crippen LogP contribution < -0.4 is 0 Å². The van der Waals surface area contributed by atoms with Crippen molar-refractivity contribution in [3.63, 3.8) is 0 Å². The van der Waals surface area contributed by atoms with Gasteiger partial charge in [0.15, 0.2) is 0 Å². The second kappa shape index (κ2) is 8.42. The first-order valence-corrected chi connectivity index (χ1v) is 10.2. The SMILES string of the molecule is CCN1CC2(CCC1=O)CCN(C(=O)[C@H](Cc1ccccc1)N(C)C)CC2. The van der Waals surface area contributed by atoms with Crippen LogP contribution in [0.25, 0.3) is 0 Å². The van der Waals surface area contributed by atoms with Crippen molar-refractivity contribution >= 4 is 11.8 Å². The van der Waals surface area contributed by atoms with Gasteiger partial charge in [-0.1, -0.05) is 30.3 Å². The number of rotatable bonds is 5. The zero-order valence-electron chi connectivity index (χ0n) is 17.0. The fourth-order valence-electron chi connectivity index (χ4n) is 4.54. The van der Waals surface area contributed by atoms with E-state index in [-0.39, 0.29) is 23.3 Å². The molecule has 1 atom stereocenters. The number of piperidine rings is 2.